The zero-order valence-corrected chi connectivity index (χ0v) is 10.0. The smallest absolute Gasteiger partial charge is 0.0636 e. The van der Waals surface area contributed by atoms with Gasteiger partial charge in [0.1, 0.15) is 0 Å². The normalized spacial score (nSPS) is 12.6. The van der Waals surface area contributed by atoms with Gasteiger partial charge in [0.05, 0.1) is 6.10 Å². The highest BCUT2D eigenvalue weighted by molar-refractivity contribution is 5.35. The number of aliphatic hydroxyl groups is 1. The maximum absolute atomic E-state index is 9.13. The summed E-state index contributed by atoms with van der Waals surface area (Å²) in [4.78, 5) is 0. The van der Waals surface area contributed by atoms with Crippen molar-refractivity contribution in [2.24, 2.45) is 0 Å². The fourth-order valence-corrected chi connectivity index (χ4v) is 1.72. The first-order valence-corrected chi connectivity index (χ1v) is 5.87. The van der Waals surface area contributed by atoms with Crippen molar-refractivity contribution >= 4 is 0 Å². The summed E-state index contributed by atoms with van der Waals surface area (Å²) in [6, 6.07) is 12.4. The molecule has 2 N–H and O–H groups in total. The van der Waals surface area contributed by atoms with Gasteiger partial charge in [0.15, 0.2) is 0 Å². The van der Waals surface area contributed by atoms with Gasteiger partial charge in [-0.25, -0.2) is 0 Å². The number of aliphatic hydroxyl groups excluding tert-OH is 1. The lowest BCUT2D eigenvalue weighted by atomic mass is 10.2. The Morgan fingerprint density at radius 2 is 1.82 bits per heavy atom. The quantitative estimate of drug-likeness (QED) is 0.823. The first kappa shape index (κ1) is 11.9. The third kappa shape index (κ3) is 3.44. The van der Waals surface area contributed by atoms with Gasteiger partial charge in [0, 0.05) is 31.2 Å². The Morgan fingerprint density at radius 3 is 2.41 bits per heavy atom. The van der Waals surface area contributed by atoms with Crippen LogP contribution in [0.4, 0.5) is 0 Å². The van der Waals surface area contributed by atoms with Crippen molar-refractivity contribution in [3.63, 3.8) is 0 Å². The molecule has 0 aliphatic heterocycles. The minimum atomic E-state index is -0.297. The van der Waals surface area contributed by atoms with Gasteiger partial charge in [-0.2, -0.15) is 0 Å². The molecule has 17 heavy (non-hydrogen) atoms. The first-order valence-electron chi connectivity index (χ1n) is 5.87. The third-order valence-electron chi connectivity index (χ3n) is 2.61. The highest BCUT2D eigenvalue weighted by Crippen LogP contribution is 2.09. The predicted molar refractivity (Wildman–Crippen MR) is 69.2 cm³/mol. The Bertz CT molecular complexity index is 432. The van der Waals surface area contributed by atoms with Crippen LogP contribution in [0.3, 0.4) is 0 Å². The van der Waals surface area contributed by atoms with E-state index in [4.69, 9.17) is 5.11 Å². The number of nitrogens with one attached hydrogen (secondary N) is 1. The number of hydrogen-bond acceptors (Lipinski definition) is 2. The molecular weight excluding hydrogens is 212 g/mol. The fourth-order valence-electron chi connectivity index (χ4n) is 1.72. The maximum Gasteiger partial charge on any atom is 0.0636 e. The lowest BCUT2D eigenvalue weighted by molar-refractivity contribution is 0.191. The maximum atomic E-state index is 9.13. The SMILES string of the molecule is CC(O)CNCc1ccc(-n2cccc2)cc1. The van der Waals surface area contributed by atoms with Crippen LogP contribution in [0.5, 0.6) is 0 Å². The average molecular weight is 230 g/mol. The monoisotopic (exact) mass is 230 g/mol. The summed E-state index contributed by atoms with van der Waals surface area (Å²) in [6.45, 7) is 3.19. The van der Waals surface area contributed by atoms with Crippen LogP contribution in [-0.2, 0) is 6.54 Å². The summed E-state index contributed by atoms with van der Waals surface area (Å²) in [7, 11) is 0. The molecule has 0 saturated carbocycles. The highest BCUT2D eigenvalue weighted by atomic mass is 16.3. The van der Waals surface area contributed by atoms with Crippen LogP contribution in [0.1, 0.15) is 12.5 Å². The van der Waals surface area contributed by atoms with E-state index in [2.05, 4.69) is 34.1 Å². The van der Waals surface area contributed by atoms with E-state index in [0.29, 0.717) is 6.54 Å². The molecule has 3 heteroatoms. The molecule has 2 rings (SSSR count). The van der Waals surface area contributed by atoms with Crippen molar-refractivity contribution in [3.05, 3.63) is 54.4 Å². The van der Waals surface area contributed by atoms with E-state index in [1.165, 1.54) is 5.56 Å². The Morgan fingerprint density at radius 1 is 1.18 bits per heavy atom. The lowest BCUT2D eigenvalue weighted by Gasteiger charge is -2.08. The summed E-state index contributed by atoms with van der Waals surface area (Å²) in [5.74, 6) is 0. The Hall–Kier alpha value is -1.58. The van der Waals surface area contributed by atoms with Crippen LogP contribution in [-0.4, -0.2) is 22.3 Å². The van der Waals surface area contributed by atoms with Crippen LogP contribution in [0.2, 0.25) is 0 Å². The molecule has 1 aromatic heterocycles. The summed E-state index contributed by atoms with van der Waals surface area (Å²) in [5.41, 5.74) is 2.39. The molecule has 0 aliphatic rings. The zero-order chi connectivity index (χ0) is 12.1. The molecule has 2 aromatic rings. The summed E-state index contributed by atoms with van der Waals surface area (Å²) in [5, 5.41) is 12.3. The Labute approximate surface area is 102 Å². The zero-order valence-electron chi connectivity index (χ0n) is 10.0. The molecule has 0 amide bonds. The molecule has 1 atom stereocenters. The first-order chi connectivity index (χ1) is 8.25. The molecule has 0 fully saturated rings. The van der Waals surface area contributed by atoms with E-state index < -0.39 is 0 Å². The van der Waals surface area contributed by atoms with Gasteiger partial charge in [-0.15, -0.1) is 0 Å². The van der Waals surface area contributed by atoms with Gasteiger partial charge in [0.25, 0.3) is 0 Å². The van der Waals surface area contributed by atoms with Gasteiger partial charge >= 0.3 is 0 Å². The standard InChI is InChI=1S/C14H18N2O/c1-12(17)10-15-11-13-4-6-14(7-5-13)16-8-2-3-9-16/h2-9,12,15,17H,10-11H2,1H3. The van der Waals surface area contributed by atoms with Gasteiger partial charge in [0.2, 0.25) is 0 Å². The number of rotatable bonds is 5. The summed E-state index contributed by atoms with van der Waals surface area (Å²) >= 11 is 0. The van der Waals surface area contributed by atoms with E-state index in [9.17, 15) is 0 Å². The van der Waals surface area contributed by atoms with Gasteiger partial charge in [-0.05, 0) is 36.8 Å². The topological polar surface area (TPSA) is 37.2 Å². The number of aromatic nitrogens is 1. The number of benzene rings is 1. The molecule has 1 heterocycles. The van der Waals surface area contributed by atoms with Crippen molar-refractivity contribution in [3.8, 4) is 5.69 Å². The summed E-state index contributed by atoms with van der Waals surface area (Å²) < 4.78 is 2.08. The van der Waals surface area contributed by atoms with Crippen LogP contribution >= 0.6 is 0 Å². The molecule has 0 spiro atoms. The minimum absolute atomic E-state index is 0.297. The average Bonchev–Trinajstić information content (AvgIpc) is 2.83. The molecule has 0 saturated heterocycles. The highest BCUT2D eigenvalue weighted by Gasteiger charge is 1.97. The van der Waals surface area contributed by atoms with Crippen molar-refractivity contribution in [2.75, 3.05) is 6.54 Å². The van der Waals surface area contributed by atoms with E-state index in [1.54, 1.807) is 6.92 Å². The predicted octanol–water partition coefficient (Wildman–Crippen LogP) is 1.95. The number of hydrogen-bond donors (Lipinski definition) is 2. The van der Waals surface area contributed by atoms with Gasteiger partial charge in [-0.1, -0.05) is 12.1 Å². The van der Waals surface area contributed by atoms with Crippen molar-refractivity contribution in [2.45, 2.75) is 19.6 Å². The largest absolute Gasteiger partial charge is 0.392 e. The molecule has 1 aromatic carbocycles. The second kappa shape index (κ2) is 5.66. The molecule has 0 aliphatic carbocycles. The molecular formula is C14H18N2O. The van der Waals surface area contributed by atoms with Crippen LogP contribution < -0.4 is 5.32 Å². The summed E-state index contributed by atoms with van der Waals surface area (Å²) in [6.07, 6.45) is 3.76. The minimum Gasteiger partial charge on any atom is -0.392 e. The van der Waals surface area contributed by atoms with Crippen molar-refractivity contribution < 1.29 is 5.11 Å². The van der Waals surface area contributed by atoms with Gasteiger partial charge < -0.3 is 15.0 Å². The van der Waals surface area contributed by atoms with Crippen LogP contribution in [0.15, 0.2) is 48.8 Å². The van der Waals surface area contributed by atoms with Crippen molar-refractivity contribution in [1.29, 1.82) is 0 Å². The number of nitrogens with zero attached hydrogens (tertiary/aromatic N) is 1. The molecule has 3 nitrogen and oxygen atoms in total. The Kier molecular flexibility index (Phi) is 3.96. The van der Waals surface area contributed by atoms with Crippen LogP contribution in [0.25, 0.3) is 5.69 Å². The van der Waals surface area contributed by atoms with Gasteiger partial charge in [-0.3, -0.25) is 0 Å². The molecule has 0 radical (unpaired) electrons. The molecule has 1 unspecified atom stereocenters. The lowest BCUT2D eigenvalue weighted by Crippen LogP contribution is -2.23. The Balaban J connectivity index is 1.94. The molecule has 90 valence electrons. The second-order valence-corrected chi connectivity index (χ2v) is 4.24. The van der Waals surface area contributed by atoms with E-state index in [0.717, 1.165) is 12.2 Å². The van der Waals surface area contributed by atoms with E-state index in [1.807, 2.05) is 24.5 Å². The third-order valence-corrected chi connectivity index (χ3v) is 2.61. The van der Waals surface area contributed by atoms with E-state index in [-0.39, 0.29) is 6.10 Å². The van der Waals surface area contributed by atoms with Crippen LogP contribution in [0, 0.1) is 0 Å². The molecule has 0 bridgehead atoms. The van der Waals surface area contributed by atoms with E-state index >= 15 is 0 Å². The fraction of sp³-hybridized carbons (Fsp3) is 0.286. The second-order valence-electron chi connectivity index (χ2n) is 4.24. The van der Waals surface area contributed by atoms with Crippen molar-refractivity contribution in [1.82, 2.24) is 9.88 Å².